The number of rotatable bonds is 6. The van der Waals surface area contributed by atoms with E-state index in [2.05, 4.69) is 37.0 Å². The van der Waals surface area contributed by atoms with Crippen molar-refractivity contribution >= 4 is 17.5 Å². The molecule has 1 aliphatic heterocycles. The third-order valence-corrected chi connectivity index (χ3v) is 5.19. The van der Waals surface area contributed by atoms with Crippen LogP contribution in [-0.2, 0) is 9.59 Å². The van der Waals surface area contributed by atoms with Gasteiger partial charge in [0.05, 0.1) is 5.92 Å². The van der Waals surface area contributed by atoms with Gasteiger partial charge in [0.1, 0.15) is 0 Å². The number of nitrogens with zero attached hydrogens (tertiary/aromatic N) is 1. The fraction of sp³-hybridized carbons (Fsp3) is 0.333. The molecular weight excluding hydrogens is 348 g/mol. The van der Waals surface area contributed by atoms with E-state index in [1.807, 2.05) is 35.2 Å². The second-order valence-electron chi connectivity index (χ2n) is 7.45. The Morgan fingerprint density at radius 2 is 1.93 bits per heavy atom. The minimum atomic E-state index is -0.163. The highest BCUT2D eigenvalue weighted by Crippen LogP contribution is 2.25. The van der Waals surface area contributed by atoms with Crippen LogP contribution in [0.1, 0.15) is 31.2 Å². The summed E-state index contributed by atoms with van der Waals surface area (Å²) >= 11 is 0. The molecule has 0 saturated carbocycles. The van der Waals surface area contributed by atoms with Crippen LogP contribution >= 0.6 is 0 Å². The van der Waals surface area contributed by atoms with Crippen LogP contribution < -0.4 is 5.32 Å². The largest absolute Gasteiger partial charge is 0.342 e. The minimum Gasteiger partial charge on any atom is -0.342 e. The Bertz CT molecular complexity index is 859. The number of anilines is 1. The summed E-state index contributed by atoms with van der Waals surface area (Å²) < 4.78 is 0. The normalized spacial score (nSPS) is 16.5. The van der Waals surface area contributed by atoms with Crippen LogP contribution in [0, 0.1) is 12.8 Å². The summed E-state index contributed by atoms with van der Waals surface area (Å²) in [5.74, 6) is -0.0643. The number of carbonyl (C=O) groups excluding carboxylic acids is 2. The molecule has 0 aromatic heterocycles. The maximum Gasteiger partial charge on any atom is 0.229 e. The lowest BCUT2D eigenvalue weighted by Crippen LogP contribution is -2.43. The molecule has 0 spiro atoms. The number of hydrogen-bond donors (Lipinski definition) is 1. The van der Waals surface area contributed by atoms with Gasteiger partial charge in [-0.15, -0.1) is 6.58 Å². The van der Waals surface area contributed by atoms with Crippen LogP contribution in [0.4, 0.5) is 5.69 Å². The number of aryl methyl sites for hydroxylation is 1. The molecule has 0 aliphatic carbocycles. The fourth-order valence-electron chi connectivity index (χ4n) is 3.65. The molecule has 1 N–H and O–H groups in total. The zero-order chi connectivity index (χ0) is 19.9. The van der Waals surface area contributed by atoms with Crippen molar-refractivity contribution in [3.8, 4) is 11.1 Å². The van der Waals surface area contributed by atoms with Crippen molar-refractivity contribution in [2.24, 2.45) is 5.92 Å². The maximum absolute atomic E-state index is 12.8. The molecular formula is C24H28N2O2. The molecule has 146 valence electrons. The molecule has 1 aliphatic rings. The minimum absolute atomic E-state index is 0.0115. The van der Waals surface area contributed by atoms with E-state index >= 15 is 0 Å². The fourth-order valence-corrected chi connectivity index (χ4v) is 3.65. The quantitative estimate of drug-likeness (QED) is 0.736. The monoisotopic (exact) mass is 376 g/mol. The Morgan fingerprint density at radius 3 is 2.68 bits per heavy atom. The number of hydrogen-bond acceptors (Lipinski definition) is 2. The Kier molecular flexibility index (Phi) is 6.64. The lowest BCUT2D eigenvalue weighted by atomic mass is 9.96. The standard InChI is InChI=1S/C24H28N2O2/c1-3-4-13-23(27)26-14-7-11-21(17-26)24(28)25-22-12-6-10-20(16-22)19-9-5-8-18(2)15-19/h3,5-6,8-10,12,15-16,21H,1,4,7,11,13-14,17H2,2H3,(H,25,28)/t21-/m0/s1. The summed E-state index contributed by atoms with van der Waals surface area (Å²) in [6.07, 6.45) is 4.58. The Morgan fingerprint density at radius 1 is 1.18 bits per heavy atom. The van der Waals surface area contributed by atoms with E-state index in [0.29, 0.717) is 19.4 Å². The first kappa shape index (κ1) is 19.9. The van der Waals surface area contributed by atoms with Gasteiger partial charge in [-0.2, -0.15) is 0 Å². The molecule has 2 amide bonds. The van der Waals surface area contributed by atoms with Crippen molar-refractivity contribution in [3.05, 3.63) is 66.7 Å². The Hall–Kier alpha value is -2.88. The SMILES string of the molecule is C=CCCC(=O)N1CCC[C@H](C(=O)Nc2cccc(-c3cccc(C)c3)c2)C1. The van der Waals surface area contributed by atoms with Crippen LogP contribution in [0.15, 0.2) is 61.2 Å². The van der Waals surface area contributed by atoms with E-state index in [9.17, 15) is 9.59 Å². The van der Waals surface area contributed by atoms with Gasteiger partial charge in [0.15, 0.2) is 0 Å². The summed E-state index contributed by atoms with van der Waals surface area (Å²) in [5.41, 5.74) is 4.20. The molecule has 3 rings (SSSR count). The summed E-state index contributed by atoms with van der Waals surface area (Å²) in [5, 5.41) is 3.05. The topological polar surface area (TPSA) is 49.4 Å². The van der Waals surface area contributed by atoms with E-state index in [-0.39, 0.29) is 17.7 Å². The number of allylic oxidation sites excluding steroid dienone is 1. The van der Waals surface area contributed by atoms with E-state index < -0.39 is 0 Å². The smallest absolute Gasteiger partial charge is 0.229 e. The molecule has 28 heavy (non-hydrogen) atoms. The zero-order valence-corrected chi connectivity index (χ0v) is 16.5. The summed E-state index contributed by atoms with van der Waals surface area (Å²) in [7, 11) is 0. The van der Waals surface area contributed by atoms with Crippen molar-refractivity contribution in [1.82, 2.24) is 4.90 Å². The molecule has 1 heterocycles. The number of amides is 2. The third-order valence-electron chi connectivity index (χ3n) is 5.19. The summed E-state index contributed by atoms with van der Waals surface area (Å²) in [4.78, 5) is 26.9. The highest BCUT2D eigenvalue weighted by atomic mass is 16.2. The lowest BCUT2D eigenvalue weighted by Gasteiger charge is -2.32. The molecule has 0 radical (unpaired) electrons. The average molecular weight is 377 g/mol. The zero-order valence-electron chi connectivity index (χ0n) is 16.5. The average Bonchev–Trinajstić information content (AvgIpc) is 2.72. The van der Waals surface area contributed by atoms with Crippen LogP contribution in [-0.4, -0.2) is 29.8 Å². The molecule has 1 saturated heterocycles. The van der Waals surface area contributed by atoms with Gasteiger partial charge in [0.25, 0.3) is 0 Å². The number of nitrogens with one attached hydrogen (secondary N) is 1. The molecule has 4 heteroatoms. The van der Waals surface area contributed by atoms with Gasteiger partial charge in [-0.05, 0) is 49.4 Å². The van der Waals surface area contributed by atoms with Gasteiger partial charge in [0, 0.05) is 25.2 Å². The molecule has 0 bridgehead atoms. The van der Waals surface area contributed by atoms with Crippen LogP contribution in [0.5, 0.6) is 0 Å². The lowest BCUT2D eigenvalue weighted by molar-refractivity contribution is -0.134. The Labute approximate surface area is 167 Å². The van der Waals surface area contributed by atoms with Crippen molar-refractivity contribution in [1.29, 1.82) is 0 Å². The van der Waals surface area contributed by atoms with E-state index in [1.54, 1.807) is 6.08 Å². The van der Waals surface area contributed by atoms with Gasteiger partial charge in [-0.1, -0.05) is 48.0 Å². The molecule has 2 aromatic rings. The van der Waals surface area contributed by atoms with Crippen molar-refractivity contribution in [2.45, 2.75) is 32.6 Å². The van der Waals surface area contributed by atoms with Gasteiger partial charge in [-0.3, -0.25) is 9.59 Å². The van der Waals surface area contributed by atoms with Crippen molar-refractivity contribution < 1.29 is 9.59 Å². The van der Waals surface area contributed by atoms with Gasteiger partial charge in [0.2, 0.25) is 11.8 Å². The molecule has 0 unspecified atom stereocenters. The molecule has 4 nitrogen and oxygen atoms in total. The number of benzene rings is 2. The predicted octanol–water partition coefficient (Wildman–Crippen LogP) is 4.81. The van der Waals surface area contributed by atoms with E-state index in [4.69, 9.17) is 0 Å². The number of piperidine rings is 1. The van der Waals surface area contributed by atoms with Crippen LogP contribution in [0.25, 0.3) is 11.1 Å². The predicted molar refractivity (Wildman–Crippen MR) is 114 cm³/mol. The second-order valence-corrected chi connectivity index (χ2v) is 7.45. The van der Waals surface area contributed by atoms with Gasteiger partial charge < -0.3 is 10.2 Å². The van der Waals surface area contributed by atoms with Crippen molar-refractivity contribution in [3.63, 3.8) is 0 Å². The molecule has 1 fully saturated rings. The molecule has 2 aromatic carbocycles. The second kappa shape index (κ2) is 9.36. The molecule has 1 atom stereocenters. The first-order chi connectivity index (χ1) is 13.6. The number of likely N-dealkylation sites (tertiary alicyclic amines) is 1. The summed E-state index contributed by atoms with van der Waals surface area (Å²) in [6.45, 7) is 6.97. The third kappa shape index (κ3) is 5.10. The van der Waals surface area contributed by atoms with E-state index in [1.165, 1.54) is 5.56 Å². The first-order valence-electron chi connectivity index (χ1n) is 9.93. The van der Waals surface area contributed by atoms with Crippen molar-refractivity contribution in [2.75, 3.05) is 18.4 Å². The Balaban J connectivity index is 1.65. The van der Waals surface area contributed by atoms with Gasteiger partial charge >= 0.3 is 0 Å². The number of carbonyl (C=O) groups is 2. The van der Waals surface area contributed by atoms with E-state index in [0.717, 1.165) is 36.2 Å². The van der Waals surface area contributed by atoms with Crippen LogP contribution in [0.3, 0.4) is 0 Å². The van der Waals surface area contributed by atoms with Crippen LogP contribution in [0.2, 0.25) is 0 Å². The summed E-state index contributed by atoms with van der Waals surface area (Å²) in [6, 6.07) is 16.2. The highest BCUT2D eigenvalue weighted by Gasteiger charge is 2.28. The first-order valence-corrected chi connectivity index (χ1v) is 9.93. The van der Waals surface area contributed by atoms with Gasteiger partial charge in [-0.25, -0.2) is 0 Å². The highest BCUT2D eigenvalue weighted by molar-refractivity contribution is 5.93. The maximum atomic E-state index is 12.8.